The molecule has 0 amide bonds. The molecule has 1 aromatic rings. The average molecular weight is 240 g/mol. The van der Waals surface area contributed by atoms with Crippen LogP contribution in [0.15, 0.2) is 23.1 Å². The summed E-state index contributed by atoms with van der Waals surface area (Å²) < 4.78 is 26.7. The minimum absolute atomic E-state index is 0.146. The van der Waals surface area contributed by atoms with E-state index in [0.717, 1.165) is 19.2 Å². The summed E-state index contributed by atoms with van der Waals surface area (Å²) in [4.78, 5) is 10.9. The van der Waals surface area contributed by atoms with Gasteiger partial charge in [-0.3, -0.25) is 0 Å². The highest BCUT2D eigenvalue weighted by molar-refractivity contribution is 7.89. The second-order valence-electron chi connectivity index (χ2n) is 2.86. The van der Waals surface area contributed by atoms with E-state index in [1.807, 2.05) is 0 Å². The van der Waals surface area contributed by atoms with Gasteiger partial charge in [0.05, 0.1) is 29.2 Å². The summed E-state index contributed by atoms with van der Waals surface area (Å²) in [6, 6.07) is 5.25. The molecule has 16 heavy (non-hydrogen) atoms. The second kappa shape index (κ2) is 4.30. The molecule has 84 valence electrons. The molecule has 0 radical (unpaired) electrons. The van der Waals surface area contributed by atoms with Gasteiger partial charge in [-0.05, 0) is 18.2 Å². The number of ether oxygens (including phenoxy) is 1. The van der Waals surface area contributed by atoms with Crippen molar-refractivity contribution < 1.29 is 17.9 Å². The molecule has 7 heteroatoms. The number of primary sulfonamides is 1. The number of nitrogens with two attached hydrogens (primary N) is 1. The van der Waals surface area contributed by atoms with Crippen LogP contribution in [0, 0.1) is 11.3 Å². The van der Waals surface area contributed by atoms with Gasteiger partial charge in [0.1, 0.15) is 0 Å². The van der Waals surface area contributed by atoms with E-state index in [2.05, 4.69) is 4.74 Å². The normalized spacial score (nSPS) is 10.6. The minimum Gasteiger partial charge on any atom is -0.465 e. The number of methoxy groups -OCH3 is 1. The Morgan fingerprint density at radius 3 is 2.56 bits per heavy atom. The molecule has 2 N–H and O–H groups in total. The van der Waals surface area contributed by atoms with Gasteiger partial charge in [-0.15, -0.1) is 0 Å². The Morgan fingerprint density at radius 2 is 2.12 bits per heavy atom. The SMILES string of the molecule is COC(=O)c1cc(C#N)ccc1S(N)(=O)=O. The predicted octanol–water partition coefficient (Wildman–Crippen LogP) is -0.00772. The maximum absolute atomic E-state index is 11.3. The molecular weight excluding hydrogens is 232 g/mol. The Bertz CT molecular complexity index is 572. The Hall–Kier alpha value is -1.91. The summed E-state index contributed by atoms with van der Waals surface area (Å²) in [5.41, 5.74) is -0.100. The predicted molar refractivity (Wildman–Crippen MR) is 53.9 cm³/mol. The lowest BCUT2D eigenvalue weighted by molar-refractivity contribution is 0.0596. The van der Waals surface area contributed by atoms with Crippen molar-refractivity contribution in [3.8, 4) is 6.07 Å². The molecule has 0 fully saturated rings. The first kappa shape index (κ1) is 12.2. The highest BCUT2D eigenvalue weighted by Gasteiger charge is 2.20. The van der Waals surface area contributed by atoms with Crippen molar-refractivity contribution >= 4 is 16.0 Å². The molecule has 0 aliphatic rings. The fourth-order valence-corrected chi connectivity index (χ4v) is 1.82. The lowest BCUT2D eigenvalue weighted by Gasteiger charge is -2.05. The molecule has 1 aromatic carbocycles. The number of hydrogen-bond donors (Lipinski definition) is 1. The molecule has 0 saturated carbocycles. The molecule has 0 bridgehead atoms. The van der Waals surface area contributed by atoms with E-state index in [9.17, 15) is 13.2 Å². The Labute approximate surface area is 92.3 Å². The fourth-order valence-electron chi connectivity index (χ4n) is 1.12. The van der Waals surface area contributed by atoms with E-state index in [1.165, 1.54) is 6.07 Å². The maximum Gasteiger partial charge on any atom is 0.339 e. The molecule has 0 aromatic heterocycles. The van der Waals surface area contributed by atoms with Gasteiger partial charge in [0.25, 0.3) is 0 Å². The topological polar surface area (TPSA) is 110 Å². The Kier molecular flexibility index (Phi) is 3.27. The largest absolute Gasteiger partial charge is 0.465 e. The van der Waals surface area contributed by atoms with E-state index >= 15 is 0 Å². The Morgan fingerprint density at radius 1 is 1.50 bits per heavy atom. The first-order valence-corrected chi connectivity index (χ1v) is 5.60. The quantitative estimate of drug-likeness (QED) is 0.731. The van der Waals surface area contributed by atoms with Gasteiger partial charge >= 0.3 is 5.97 Å². The first-order valence-electron chi connectivity index (χ1n) is 4.05. The number of hydrogen-bond acceptors (Lipinski definition) is 5. The zero-order chi connectivity index (χ0) is 12.3. The second-order valence-corrected chi connectivity index (χ2v) is 4.39. The zero-order valence-electron chi connectivity index (χ0n) is 8.30. The summed E-state index contributed by atoms with van der Waals surface area (Å²) in [5.74, 6) is -0.860. The van der Waals surface area contributed by atoms with Crippen LogP contribution in [0.25, 0.3) is 0 Å². The van der Waals surface area contributed by atoms with Crippen LogP contribution in [0.5, 0.6) is 0 Å². The summed E-state index contributed by atoms with van der Waals surface area (Å²) in [5, 5.41) is 13.6. The van der Waals surface area contributed by atoms with Crippen LogP contribution in [0.4, 0.5) is 0 Å². The van der Waals surface area contributed by atoms with Gasteiger partial charge in [-0.1, -0.05) is 0 Å². The van der Waals surface area contributed by atoms with Crippen LogP contribution in [0.1, 0.15) is 15.9 Å². The van der Waals surface area contributed by atoms with E-state index in [-0.39, 0.29) is 16.0 Å². The van der Waals surface area contributed by atoms with E-state index < -0.39 is 16.0 Å². The third kappa shape index (κ3) is 2.36. The number of sulfonamides is 1. The fraction of sp³-hybridized carbons (Fsp3) is 0.111. The number of benzene rings is 1. The maximum atomic E-state index is 11.3. The van der Waals surface area contributed by atoms with Crippen LogP contribution in [-0.2, 0) is 14.8 Å². The van der Waals surface area contributed by atoms with Crippen LogP contribution in [0.3, 0.4) is 0 Å². The van der Waals surface area contributed by atoms with Crippen LogP contribution in [0.2, 0.25) is 0 Å². The summed E-state index contributed by atoms with van der Waals surface area (Å²) in [7, 11) is -2.92. The highest BCUT2D eigenvalue weighted by Crippen LogP contribution is 2.17. The van der Waals surface area contributed by atoms with Gasteiger partial charge in [0.2, 0.25) is 10.0 Å². The van der Waals surface area contributed by atoms with Crippen molar-refractivity contribution in [1.82, 2.24) is 0 Å². The van der Waals surface area contributed by atoms with Gasteiger partial charge in [0, 0.05) is 0 Å². The molecule has 0 aliphatic heterocycles. The number of esters is 1. The number of carbonyl (C=O) groups is 1. The van der Waals surface area contributed by atoms with Crippen molar-refractivity contribution in [2.75, 3.05) is 7.11 Å². The third-order valence-corrected chi connectivity index (χ3v) is 2.79. The zero-order valence-corrected chi connectivity index (χ0v) is 9.11. The van der Waals surface area contributed by atoms with Crippen LogP contribution < -0.4 is 5.14 Å². The lowest BCUT2D eigenvalue weighted by Crippen LogP contribution is -2.17. The molecule has 0 spiro atoms. The van der Waals surface area contributed by atoms with Gasteiger partial charge < -0.3 is 4.74 Å². The summed E-state index contributed by atoms with van der Waals surface area (Å²) in [6.07, 6.45) is 0. The van der Waals surface area contributed by atoms with Crippen molar-refractivity contribution in [3.63, 3.8) is 0 Å². The third-order valence-electron chi connectivity index (χ3n) is 1.82. The average Bonchev–Trinajstić information content (AvgIpc) is 2.25. The first-order chi connectivity index (χ1) is 7.40. The number of nitriles is 1. The molecule has 1 rings (SSSR count). The van der Waals surface area contributed by atoms with Crippen LogP contribution in [-0.4, -0.2) is 21.5 Å². The standard InChI is InChI=1S/C9H8N2O4S/c1-15-9(12)7-4-6(5-10)2-3-8(7)16(11,13)14/h2-4H,1H3,(H2,11,13,14). The molecule has 0 unspecified atom stereocenters. The van der Waals surface area contributed by atoms with Gasteiger partial charge in [-0.25, -0.2) is 18.4 Å². The minimum atomic E-state index is -4.02. The summed E-state index contributed by atoms with van der Waals surface area (Å²) >= 11 is 0. The molecule has 0 atom stereocenters. The van der Waals surface area contributed by atoms with Crippen molar-refractivity contribution in [2.24, 2.45) is 5.14 Å². The van der Waals surface area contributed by atoms with E-state index in [1.54, 1.807) is 6.07 Å². The molecule has 0 heterocycles. The molecule has 0 saturated heterocycles. The number of rotatable bonds is 2. The Balaban J connectivity index is 3.53. The van der Waals surface area contributed by atoms with Gasteiger partial charge in [-0.2, -0.15) is 5.26 Å². The number of carbonyl (C=O) groups excluding carboxylic acids is 1. The van der Waals surface area contributed by atoms with Crippen molar-refractivity contribution in [1.29, 1.82) is 5.26 Å². The van der Waals surface area contributed by atoms with Crippen molar-refractivity contribution in [2.45, 2.75) is 4.90 Å². The van der Waals surface area contributed by atoms with Crippen molar-refractivity contribution in [3.05, 3.63) is 29.3 Å². The van der Waals surface area contributed by atoms with Gasteiger partial charge in [0.15, 0.2) is 0 Å². The monoisotopic (exact) mass is 240 g/mol. The smallest absolute Gasteiger partial charge is 0.339 e. The van der Waals surface area contributed by atoms with Crippen LogP contribution >= 0.6 is 0 Å². The summed E-state index contributed by atoms with van der Waals surface area (Å²) in [6.45, 7) is 0. The molecule has 6 nitrogen and oxygen atoms in total. The lowest BCUT2D eigenvalue weighted by atomic mass is 10.1. The van der Waals surface area contributed by atoms with E-state index in [4.69, 9.17) is 10.4 Å². The number of nitrogens with zero attached hydrogens (tertiary/aromatic N) is 1. The highest BCUT2D eigenvalue weighted by atomic mass is 32.2. The molecule has 0 aliphatic carbocycles. The molecular formula is C9H8N2O4S. The van der Waals surface area contributed by atoms with E-state index in [0.29, 0.717) is 0 Å².